The van der Waals surface area contributed by atoms with Crippen LogP contribution < -0.4 is 9.64 Å². The molecule has 2 aliphatic rings. The molecule has 8 heteroatoms. The molecule has 1 spiro atoms. The SMILES string of the molecule is CCN(C(=O)c1cc(F)ccc1Oc1cncnc1N1CC2(CC(OC)C2)C1)C(C)C. The summed E-state index contributed by atoms with van der Waals surface area (Å²) >= 11 is 0. The molecule has 7 nitrogen and oxygen atoms in total. The first-order chi connectivity index (χ1) is 14.9. The second kappa shape index (κ2) is 8.42. The Bertz CT molecular complexity index is 954. The standard InChI is InChI=1S/C23H29FN4O3/c1-5-28(15(2)3)22(29)18-8-16(24)6-7-19(18)31-20-11-25-14-26-21(20)27-12-23(13-27)9-17(10-23)30-4/h6-8,11,14-15,17H,5,9-10,12-13H2,1-4H3. The molecule has 0 unspecified atom stereocenters. The lowest BCUT2D eigenvalue weighted by molar-refractivity contribution is -0.0734. The van der Waals surface area contributed by atoms with Gasteiger partial charge in [-0.15, -0.1) is 0 Å². The van der Waals surface area contributed by atoms with Gasteiger partial charge >= 0.3 is 0 Å². The van der Waals surface area contributed by atoms with E-state index in [2.05, 4.69) is 14.9 Å². The van der Waals surface area contributed by atoms with Gasteiger partial charge in [-0.2, -0.15) is 0 Å². The Morgan fingerprint density at radius 1 is 1.32 bits per heavy atom. The van der Waals surface area contributed by atoms with Crippen molar-refractivity contribution in [2.24, 2.45) is 5.41 Å². The number of ether oxygens (including phenoxy) is 2. The van der Waals surface area contributed by atoms with E-state index < -0.39 is 5.82 Å². The predicted molar refractivity (Wildman–Crippen MR) is 115 cm³/mol. The molecule has 0 N–H and O–H groups in total. The summed E-state index contributed by atoms with van der Waals surface area (Å²) in [5.41, 5.74) is 0.478. The van der Waals surface area contributed by atoms with E-state index in [4.69, 9.17) is 9.47 Å². The van der Waals surface area contributed by atoms with Crippen LogP contribution in [0.15, 0.2) is 30.7 Å². The summed E-state index contributed by atoms with van der Waals surface area (Å²) in [4.78, 5) is 25.4. The van der Waals surface area contributed by atoms with E-state index >= 15 is 0 Å². The van der Waals surface area contributed by atoms with Crippen LogP contribution in [-0.4, -0.2) is 59.7 Å². The molecule has 2 fully saturated rings. The van der Waals surface area contributed by atoms with Crippen LogP contribution in [0.2, 0.25) is 0 Å². The van der Waals surface area contributed by atoms with Crippen molar-refractivity contribution in [1.82, 2.24) is 14.9 Å². The number of benzene rings is 1. The molecular formula is C23H29FN4O3. The van der Waals surface area contributed by atoms with Gasteiger partial charge in [0.05, 0.1) is 17.9 Å². The number of amides is 1. The van der Waals surface area contributed by atoms with Crippen LogP contribution in [0.5, 0.6) is 11.5 Å². The van der Waals surface area contributed by atoms with Crippen molar-refractivity contribution in [2.75, 3.05) is 31.6 Å². The monoisotopic (exact) mass is 428 g/mol. The number of nitrogens with zero attached hydrogens (tertiary/aromatic N) is 4. The maximum Gasteiger partial charge on any atom is 0.257 e. The zero-order chi connectivity index (χ0) is 22.2. The third-order valence-electron chi connectivity index (χ3n) is 6.28. The Balaban J connectivity index is 1.56. The van der Waals surface area contributed by atoms with Crippen molar-refractivity contribution in [3.63, 3.8) is 0 Å². The number of methoxy groups -OCH3 is 1. The number of halogens is 1. The minimum absolute atomic E-state index is 0.0140. The maximum absolute atomic E-state index is 14.0. The highest BCUT2D eigenvalue weighted by Gasteiger charge is 2.53. The van der Waals surface area contributed by atoms with Gasteiger partial charge in [-0.3, -0.25) is 4.79 Å². The summed E-state index contributed by atoms with van der Waals surface area (Å²) in [6, 6.07) is 3.99. The van der Waals surface area contributed by atoms with Gasteiger partial charge in [0.1, 0.15) is 17.9 Å². The number of aromatic nitrogens is 2. The van der Waals surface area contributed by atoms with E-state index in [0.717, 1.165) is 25.9 Å². The topological polar surface area (TPSA) is 67.8 Å². The number of carbonyl (C=O) groups excluding carboxylic acids is 1. The number of hydrogen-bond acceptors (Lipinski definition) is 6. The Hall–Kier alpha value is -2.74. The van der Waals surface area contributed by atoms with Gasteiger partial charge in [0.2, 0.25) is 0 Å². The van der Waals surface area contributed by atoms with Gasteiger partial charge in [-0.05, 0) is 51.8 Å². The zero-order valence-corrected chi connectivity index (χ0v) is 18.5. The normalized spacial score (nSPS) is 17.4. The van der Waals surface area contributed by atoms with E-state index in [0.29, 0.717) is 35.4 Å². The highest BCUT2D eigenvalue weighted by Crippen LogP contribution is 2.51. The first-order valence-corrected chi connectivity index (χ1v) is 10.7. The first kappa shape index (κ1) is 21.5. The van der Waals surface area contributed by atoms with Crippen molar-refractivity contribution in [2.45, 2.75) is 45.8 Å². The van der Waals surface area contributed by atoms with Crippen LogP contribution in [0.25, 0.3) is 0 Å². The quantitative estimate of drug-likeness (QED) is 0.667. The summed E-state index contributed by atoms with van der Waals surface area (Å²) in [5, 5.41) is 0. The van der Waals surface area contributed by atoms with Gasteiger partial charge < -0.3 is 19.3 Å². The van der Waals surface area contributed by atoms with E-state index in [1.807, 2.05) is 20.8 Å². The van der Waals surface area contributed by atoms with Crippen molar-refractivity contribution in [3.05, 3.63) is 42.1 Å². The number of hydrogen-bond donors (Lipinski definition) is 0. The molecule has 1 saturated carbocycles. The van der Waals surface area contributed by atoms with Gasteiger partial charge in [0.25, 0.3) is 5.91 Å². The summed E-state index contributed by atoms with van der Waals surface area (Å²) in [6.07, 6.45) is 5.53. The molecule has 4 rings (SSSR count). The minimum Gasteiger partial charge on any atom is -0.451 e. The lowest BCUT2D eigenvalue weighted by Gasteiger charge is -2.58. The average Bonchev–Trinajstić information content (AvgIpc) is 2.68. The summed E-state index contributed by atoms with van der Waals surface area (Å²) < 4.78 is 25.5. The highest BCUT2D eigenvalue weighted by atomic mass is 19.1. The molecule has 0 atom stereocenters. The van der Waals surface area contributed by atoms with Crippen LogP contribution >= 0.6 is 0 Å². The van der Waals surface area contributed by atoms with Crippen LogP contribution in [0.1, 0.15) is 44.0 Å². The largest absolute Gasteiger partial charge is 0.451 e. The summed E-state index contributed by atoms with van der Waals surface area (Å²) in [5.74, 6) is 0.671. The molecule has 31 heavy (non-hydrogen) atoms. The van der Waals surface area contributed by atoms with Gasteiger partial charge in [-0.25, -0.2) is 14.4 Å². The Labute approximate surface area is 182 Å². The number of anilines is 1. The smallest absolute Gasteiger partial charge is 0.257 e. The molecule has 2 heterocycles. The molecule has 0 radical (unpaired) electrons. The van der Waals surface area contributed by atoms with Crippen molar-refractivity contribution >= 4 is 11.7 Å². The minimum atomic E-state index is -0.484. The number of carbonyl (C=O) groups is 1. The number of rotatable bonds is 7. The molecule has 1 aromatic carbocycles. The van der Waals surface area contributed by atoms with E-state index in [9.17, 15) is 9.18 Å². The average molecular weight is 429 g/mol. The molecule has 1 aliphatic carbocycles. The van der Waals surface area contributed by atoms with Crippen LogP contribution in [0, 0.1) is 11.2 Å². The Kier molecular flexibility index (Phi) is 5.83. The fraction of sp³-hybridized carbons (Fsp3) is 0.522. The fourth-order valence-corrected chi connectivity index (χ4v) is 4.64. The Morgan fingerprint density at radius 2 is 2.06 bits per heavy atom. The molecule has 166 valence electrons. The van der Waals surface area contributed by atoms with Gasteiger partial charge in [-0.1, -0.05) is 0 Å². The van der Waals surface area contributed by atoms with Crippen molar-refractivity contribution < 1.29 is 18.7 Å². The van der Waals surface area contributed by atoms with Crippen LogP contribution in [0.3, 0.4) is 0 Å². The maximum atomic E-state index is 14.0. The zero-order valence-electron chi connectivity index (χ0n) is 18.5. The molecule has 0 bridgehead atoms. The predicted octanol–water partition coefficient (Wildman–Crippen LogP) is 3.89. The summed E-state index contributed by atoms with van der Waals surface area (Å²) in [7, 11) is 1.75. The third-order valence-corrected chi connectivity index (χ3v) is 6.28. The van der Waals surface area contributed by atoms with E-state index in [1.165, 1.54) is 24.5 Å². The van der Waals surface area contributed by atoms with Crippen LogP contribution in [0.4, 0.5) is 10.2 Å². The molecular weight excluding hydrogens is 399 g/mol. The third kappa shape index (κ3) is 4.08. The summed E-state index contributed by atoms with van der Waals surface area (Å²) in [6.45, 7) is 8.04. The second-order valence-corrected chi connectivity index (χ2v) is 8.76. The van der Waals surface area contributed by atoms with E-state index in [1.54, 1.807) is 18.2 Å². The van der Waals surface area contributed by atoms with Crippen LogP contribution in [-0.2, 0) is 4.74 Å². The molecule has 1 amide bonds. The molecule has 1 aromatic heterocycles. The Morgan fingerprint density at radius 3 is 2.71 bits per heavy atom. The molecule has 2 aromatic rings. The fourth-order valence-electron chi connectivity index (χ4n) is 4.64. The van der Waals surface area contributed by atoms with E-state index in [-0.39, 0.29) is 17.5 Å². The molecule has 1 aliphatic heterocycles. The lowest BCUT2D eigenvalue weighted by atomic mass is 9.62. The second-order valence-electron chi connectivity index (χ2n) is 8.76. The first-order valence-electron chi connectivity index (χ1n) is 10.7. The van der Waals surface area contributed by atoms with Crippen molar-refractivity contribution in [1.29, 1.82) is 0 Å². The van der Waals surface area contributed by atoms with Gasteiger partial charge in [0, 0.05) is 38.2 Å². The van der Waals surface area contributed by atoms with Crippen molar-refractivity contribution in [3.8, 4) is 11.5 Å². The lowest BCUT2D eigenvalue weighted by Crippen LogP contribution is -2.64. The van der Waals surface area contributed by atoms with Gasteiger partial charge in [0.15, 0.2) is 11.6 Å². The molecule has 1 saturated heterocycles. The highest BCUT2D eigenvalue weighted by molar-refractivity contribution is 5.97.